The minimum absolute atomic E-state index is 0. The molecule has 0 N–H and O–H groups in total. The number of carbonyl (C=O) groups is 4. The van der Waals surface area contributed by atoms with Crippen LogP contribution < -0.4 is 139 Å². The molecular weight excluding hydrogens is 493 g/mol. The summed E-state index contributed by atoms with van der Waals surface area (Å²) in [6, 6.07) is 6.47. The van der Waals surface area contributed by atoms with Crippen molar-refractivity contribution in [2.45, 2.75) is 19.5 Å². The van der Waals surface area contributed by atoms with Crippen LogP contribution in [0.25, 0.3) is 0 Å². The van der Waals surface area contributed by atoms with E-state index in [9.17, 15) is 44.0 Å². The van der Waals surface area contributed by atoms with Crippen LogP contribution in [0.4, 0.5) is 4.39 Å². The van der Waals surface area contributed by atoms with E-state index in [-0.39, 0.29) is 149 Å². The summed E-state index contributed by atoms with van der Waals surface area (Å²) >= 11 is 0. The van der Waals surface area contributed by atoms with Gasteiger partial charge in [0.2, 0.25) is 0 Å². The van der Waals surface area contributed by atoms with Crippen molar-refractivity contribution in [3.05, 3.63) is 70.0 Å². The zero-order valence-electron chi connectivity index (χ0n) is 19.4. The second kappa shape index (κ2) is 18.5. The van der Waals surface area contributed by atoms with Crippen LogP contribution in [0.1, 0.15) is 48.6 Å². The molecule has 14 heteroatoms. The van der Waals surface area contributed by atoms with Crippen molar-refractivity contribution in [3.8, 4) is 0 Å². The summed E-state index contributed by atoms with van der Waals surface area (Å²) in [5, 5.41) is 43.8. The van der Waals surface area contributed by atoms with Gasteiger partial charge in [-0.25, -0.2) is 4.39 Å². The normalized spacial score (nSPS) is 9.47. The molecule has 158 valence electrons. The maximum Gasteiger partial charge on any atom is 1.00 e. The molecule has 0 aliphatic rings. The number of hydrogen-bond acceptors (Lipinski definition) is 9. The second-order valence-electron chi connectivity index (χ2n) is 6.38. The van der Waals surface area contributed by atoms with Crippen LogP contribution in [-0.4, -0.2) is 35.3 Å². The van der Waals surface area contributed by atoms with Crippen molar-refractivity contribution < 1.29 is 162 Å². The molecule has 0 radical (unpaired) electrons. The molecule has 0 saturated heterocycles. The van der Waals surface area contributed by atoms with E-state index in [1.165, 1.54) is 17.0 Å². The third-order valence-electron chi connectivity index (χ3n) is 4.24. The van der Waals surface area contributed by atoms with Gasteiger partial charge in [0.1, 0.15) is 5.82 Å². The van der Waals surface area contributed by atoms with Crippen LogP contribution in [0.15, 0.2) is 36.4 Å². The number of carboxylic acids is 4. The van der Waals surface area contributed by atoms with Crippen LogP contribution in [0.3, 0.4) is 0 Å². The van der Waals surface area contributed by atoms with Gasteiger partial charge in [-0.2, -0.15) is 0 Å². The number of carboxylic acid groups (broad SMARTS) is 4. The number of halogens is 1. The van der Waals surface area contributed by atoms with Gasteiger partial charge < -0.3 is 39.6 Å². The van der Waals surface area contributed by atoms with Crippen LogP contribution in [-0.2, 0) is 17.9 Å². The quantitative estimate of drug-likeness (QED) is 0.284. The van der Waals surface area contributed by atoms with Gasteiger partial charge in [0.05, 0.1) is 17.9 Å². The first-order chi connectivity index (χ1) is 14.1. The van der Waals surface area contributed by atoms with Crippen LogP contribution in [0, 0.1) is 5.82 Å². The zero-order chi connectivity index (χ0) is 22.4. The van der Waals surface area contributed by atoms with E-state index in [1.807, 2.05) is 0 Å². The molecule has 0 unspecified atom stereocenters. The Kier molecular flexibility index (Phi) is 21.0. The Balaban J connectivity index is -0.00000240. The van der Waals surface area contributed by atoms with E-state index in [0.29, 0.717) is 5.56 Å². The summed E-state index contributed by atoms with van der Waals surface area (Å²) in [5.74, 6) is -7.21. The molecule has 0 atom stereocenters. The van der Waals surface area contributed by atoms with E-state index < -0.39 is 47.2 Å². The molecule has 2 aromatic carbocycles. The number of hydrogen-bond donors (Lipinski definition) is 0. The SMILES string of the molecule is O=C([O-])CCN(Cc1ccc(C(=O)[O-])c(C(=O)[O-])c1)Cc1ccc(C(=O)[O-])cc1F.[Na+].[Na+].[Na+].[Na+]. The maximum absolute atomic E-state index is 14.2. The van der Waals surface area contributed by atoms with Crippen molar-refractivity contribution in [3.63, 3.8) is 0 Å². The van der Waals surface area contributed by atoms with Gasteiger partial charge in [-0.3, -0.25) is 4.90 Å². The summed E-state index contributed by atoms with van der Waals surface area (Å²) in [7, 11) is 0. The van der Waals surface area contributed by atoms with Crippen molar-refractivity contribution >= 4 is 23.9 Å². The number of aliphatic carboxylic acids is 1. The summed E-state index contributed by atoms with van der Waals surface area (Å²) in [6.45, 7) is -0.315. The van der Waals surface area contributed by atoms with Gasteiger partial charge in [0, 0.05) is 47.9 Å². The molecule has 0 amide bonds. The molecule has 0 aliphatic carbocycles. The van der Waals surface area contributed by atoms with E-state index in [2.05, 4.69) is 0 Å². The number of rotatable bonds is 10. The van der Waals surface area contributed by atoms with Crippen LogP contribution in [0.2, 0.25) is 0 Å². The summed E-state index contributed by atoms with van der Waals surface area (Å²) < 4.78 is 14.2. The minimum Gasteiger partial charge on any atom is -0.550 e. The van der Waals surface area contributed by atoms with E-state index in [0.717, 1.165) is 24.3 Å². The second-order valence-corrected chi connectivity index (χ2v) is 6.38. The number of carbonyl (C=O) groups excluding carboxylic acids is 4. The Morgan fingerprint density at radius 1 is 0.735 bits per heavy atom. The number of aromatic carboxylic acids is 3. The smallest absolute Gasteiger partial charge is 0.550 e. The minimum atomic E-state index is -1.73. The first kappa shape index (κ1) is 38.7. The molecule has 2 rings (SSSR count). The summed E-state index contributed by atoms with van der Waals surface area (Å²) in [5.41, 5.74) is -1.20. The molecule has 0 aromatic heterocycles. The average Bonchev–Trinajstić information content (AvgIpc) is 2.67. The zero-order valence-corrected chi connectivity index (χ0v) is 27.4. The third-order valence-corrected chi connectivity index (χ3v) is 4.24. The number of benzene rings is 2. The van der Waals surface area contributed by atoms with Crippen molar-refractivity contribution in [1.29, 1.82) is 0 Å². The molecule has 9 nitrogen and oxygen atoms in total. The number of nitrogens with zero attached hydrogens (tertiary/aromatic N) is 1. The third kappa shape index (κ3) is 12.0. The summed E-state index contributed by atoms with van der Waals surface area (Å²) in [4.78, 5) is 45.3. The molecule has 0 spiro atoms. The molecule has 0 bridgehead atoms. The van der Waals surface area contributed by atoms with E-state index in [4.69, 9.17) is 0 Å². The van der Waals surface area contributed by atoms with Gasteiger partial charge in [0.25, 0.3) is 0 Å². The molecule has 0 heterocycles. The Bertz CT molecular complexity index is 1020. The van der Waals surface area contributed by atoms with Gasteiger partial charge in [-0.1, -0.05) is 24.3 Å². The fourth-order valence-corrected chi connectivity index (χ4v) is 2.80. The van der Waals surface area contributed by atoms with Gasteiger partial charge in [-0.05, 0) is 24.1 Å². The fraction of sp³-hybridized carbons (Fsp3) is 0.200. The van der Waals surface area contributed by atoms with Gasteiger partial charge in [-0.15, -0.1) is 0 Å². The Hall–Kier alpha value is 0.210. The molecule has 2 aromatic rings. The molecule has 0 saturated carbocycles. The topological polar surface area (TPSA) is 164 Å². The predicted octanol–water partition coefficient (Wildman–Crippen LogP) is -14.9. The van der Waals surface area contributed by atoms with Crippen LogP contribution in [0.5, 0.6) is 0 Å². The molecule has 34 heavy (non-hydrogen) atoms. The van der Waals surface area contributed by atoms with Crippen molar-refractivity contribution in [2.75, 3.05) is 6.54 Å². The van der Waals surface area contributed by atoms with E-state index >= 15 is 0 Å². The maximum atomic E-state index is 14.2. The Morgan fingerprint density at radius 2 is 1.32 bits per heavy atom. The van der Waals surface area contributed by atoms with Crippen LogP contribution >= 0.6 is 0 Å². The first-order valence-electron chi connectivity index (χ1n) is 8.56. The standard InChI is InChI=1S/C20H18FNO8.4Na/c21-16-8-12(18(25)26)2-3-13(16)10-22(6-5-17(23)24)9-11-1-4-14(19(27)28)15(7-11)20(29)30;;;;/h1-4,7-8H,5-6,9-10H2,(H,23,24)(H,25,26)(H,27,28)(H,29,30);;;;/q;4*+1/p-4. The van der Waals surface area contributed by atoms with E-state index in [1.54, 1.807) is 0 Å². The largest absolute Gasteiger partial charge is 1.00 e. The fourth-order valence-electron chi connectivity index (χ4n) is 2.80. The first-order valence-corrected chi connectivity index (χ1v) is 8.56. The van der Waals surface area contributed by atoms with Gasteiger partial charge in [0.15, 0.2) is 0 Å². The molecular formula is C20H14FNNa4O8. The van der Waals surface area contributed by atoms with Crippen molar-refractivity contribution in [2.24, 2.45) is 0 Å². The van der Waals surface area contributed by atoms with Gasteiger partial charge >= 0.3 is 118 Å². The average molecular weight is 507 g/mol. The van der Waals surface area contributed by atoms with Crippen molar-refractivity contribution in [1.82, 2.24) is 4.90 Å². The Labute approximate surface area is 283 Å². The Morgan fingerprint density at radius 3 is 1.79 bits per heavy atom. The monoisotopic (exact) mass is 507 g/mol. The predicted molar refractivity (Wildman–Crippen MR) is 89.6 cm³/mol. The molecule has 0 aliphatic heterocycles. The summed E-state index contributed by atoms with van der Waals surface area (Å²) in [6.07, 6.45) is -0.413. The molecule has 0 fully saturated rings.